The molecule has 2 nitrogen and oxygen atoms in total. The molecule has 1 amide bonds. The predicted molar refractivity (Wildman–Crippen MR) is 67.4 cm³/mol. The molecule has 0 aliphatic rings. The van der Waals surface area contributed by atoms with E-state index >= 15 is 0 Å². The van der Waals surface area contributed by atoms with E-state index in [0.717, 1.165) is 5.56 Å². The fourth-order valence-corrected chi connectivity index (χ4v) is 1.65. The Morgan fingerprint density at radius 1 is 1.25 bits per heavy atom. The Kier molecular flexibility index (Phi) is 4.81. The highest BCUT2D eigenvalue weighted by molar-refractivity contribution is 6.30. The predicted octanol–water partition coefficient (Wildman–Crippen LogP) is 3.05. The maximum absolute atomic E-state index is 11.9. The van der Waals surface area contributed by atoms with Crippen LogP contribution in [0.3, 0.4) is 0 Å². The van der Waals surface area contributed by atoms with Gasteiger partial charge in [-0.25, -0.2) is 0 Å². The van der Waals surface area contributed by atoms with Crippen LogP contribution in [0.15, 0.2) is 30.3 Å². The van der Waals surface area contributed by atoms with Gasteiger partial charge in [-0.1, -0.05) is 30.3 Å². The molecule has 0 aliphatic heterocycles. The fourth-order valence-electron chi connectivity index (χ4n) is 1.52. The summed E-state index contributed by atoms with van der Waals surface area (Å²) in [7, 11) is 0. The van der Waals surface area contributed by atoms with Gasteiger partial charge in [0, 0.05) is 12.6 Å². The molecule has 0 unspecified atom stereocenters. The second-order valence-electron chi connectivity index (χ2n) is 4.16. The van der Waals surface area contributed by atoms with Gasteiger partial charge in [-0.05, 0) is 26.3 Å². The number of alkyl halides is 1. The van der Waals surface area contributed by atoms with Crippen molar-refractivity contribution in [2.75, 3.05) is 0 Å². The van der Waals surface area contributed by atoms with Crippen molar-refractivity contribution >= 4 is 17.5 Å². The van der Waals surface area contributed by atoms with Gasteiger partial charge in [-0.3, -0.25) is 4.79 Å². The summed E-state index contributed by atoms with van der Waals surface area (Å²) in [5.74, 6) is -0.0134. The van der Waals surface area contributed by atoms with Crippen LogP contribution in [-0.4, -0.2) is 22.2 Å². The average Bonchev–Trinajstić information content (AvgIpc) is 2.26. The monoisotopic (exact) mass is 239 g/mol. The first kappa shape index (κ1) is 13.0. The number of halogens is 1. The topological polar surface area (TPSA) is 20.3 Å². The van der Waals surface area contributed by atoms with E-state index in [9.17, 15) is 4.79 Å². The van der Waals surface area contributed by atoms with Gasteiger partial charge >= 0.3 is 0 Å². The molecule has 0 bridgehead atoms. The molecule has 16 heavy (non-hydrogen) atoms. The Labute approximate surface area is 102 Å². The molecule has 0 fully saturated rings. The number of carbonyl (C=O) groups is 1. The maximum atomic E-state index is 11.9. The normalized spacial score (nSPS) is 12.6. The number of nitrogens with zero attached hydrogens (tertiary/aromatic N) is 1. The van der Waals surface area contributed by atoms with Crippen LogP contribution in [0.2, 0.25) is 0 Å². The number of amides is 1. The summed E-state index contributed by atoms with van der Waals surface area (Å²) in [5, 5.41) is -0.467. The van der Waals surface area contributed by atoms with Crippen LogP contribution in [0.1, 0.15) is 26.3 Å². The number of hydrogen-bond donors (Lipinski definition) is 0. The second kappa shape index (κ2) is 5.90. The molecule has 0 aliphatic carbocycles. The second-order valence-corrected chi connectivity index (χ2v) is 4.82. The molecule has 1 atom stereocenters. The standard InChI is InChI=1S/C13H18ClNO/c1-10(2)15(13(16)11(3)14)9-12-7-5-4-6-8-12/h4-8,10-11H,9H2,1-3H3/t11-/m1/s1. The van der Waals surface area contributed by atoms with E-state index in [1.807, 2.05) is 44.2 Å². The summed E-state index contributed by atoms with van der Waals surface area (Å²) < 4.78 is 0. The first-order valence-corrected chi connectivity index (χ1v) is 5.94. The summed E-state index contributed by atoms with van der Waals surface area (Å²) in [4.78, 5) is 13.7. The average molecular weight is 240 g/mol. The van der Waals surface area contributed by atoms with E-state index in [0.29, 0.717) is 6.54 Å². The van der Waals surface area contributed by atoms with Crippen LogP contribution in [0.25, 0.3) is 0 Å². The molecular formula is C13H18ClNO. The van der Waals surface area contributed by atoms with Gasteiger partial charge in [-0.2, -0.15) is 0 Å². The van der Waals surface area contributed by atoms with Gasteiger partial charge in [0.2, 0.25) is 5.91 Å². The van der Waals surface area contributed by atoms with Crippen LogP contribution >= 0.6 is 11.6 Å². The minimum atomic E-state index is -0.467. The van der Waals surface area contributed by atoms with E-state index in [-0.39, 0.29) is 11.9 Å². The third-order valence-electron chi connectivity index (χ3n) is 2.44. The van der Waals surface area contributed by atoms with Crippen LogP contribution in [0, 0.1) is 0 Å². The van der Waals surface area contributed by atoms with Crippen molar-refractivity contribution in [2.24, 2.45) is 0 Å². The lowest BCUT2D eigenvalue weighted by Gasteiger charge is -2.28. The highest BCUT2D eigenvalue weighted by atomic mass is 35.5. The summed E-state index contributed by atoms with van der Waals surface area (Å²) in [5.41, 5.74) is 1.13. The first-order chi connectivity index (χ1) is 7.52. The largest absolute Gasteiger partial charge is 0.335 e. The number of hydrogen-bond acceptors (Lipinski definition) is 1. The van der Waals surface area contributed by atoms with Crippen molar-refractivity contribution in [3.8, 4) is 0 Å². The van der Waals surface area contributed by atoms with Crippen molar-refractivity contribution in [1.29, 1.82) is 0 Å². The molecule has 1 rings (SSSR count). The maximum Gasteiger partial charge on any atom is 0.240 e. The number of carbonyl (C=O) groups excluding carboxylic acids is 1. The molecule has 0 saturated heterocycles. The molecule has 1 aromatic carbocycles. The molecule has 0 aromatic heterocycles. The van der Waals surface area contributed by atoms with Crippen molar-refractivity contribution in [2.45, 2.75) is 38.7 Å². The lowest BCUT2D eigenvalue weighted by molar-refractivity contribution is -0.132. The van der Waals surface area contributed by atoms with E-state index in [1.165, 1.54) is 0 Å². The highest BCUT2D eigenvalue weighted by Gasteiger charge is 2.21. The SMILES string of the molecule is CC(C)N(Cc1ccccc1)C(=O)[C@@H](C)Cl. The number of benzene rings is 1. The van der Waals surface area contributed by atoms with Crippen LogP contribution in [0.4, 0.5) is 0 Å². The molecule has 3 heteroatoms. The molecule has 0 radical (unpaired) electrons. The van der Waals surface area contributed by atoms with Gasteiger partial charge in [0.1, 0.15) is 5.38 Å². The van der Waals surface area contributed by atoms with Gasteiger partial charge in [0.25, 0.3) is 0 Å². The number of rotatable bonds is 4. The molecule has 0 heterocycles. The Morgan fingerprint density at radius 3 is 2.25 bits per heavy atom. The zero-order valence-corrected chi connectivity index (χ0v) is 10.7. The molecule has 0 N–H and O–H groups in total. The third kappa shape index (κ3) is 3.53. The Hall–Kier alpha value is -1.02. The summed E-state index contributed by atoms with van der Waals surface area (Å²) >= 11 is 5.84. The van der Waals surface area contributed by atoms with Crippen molar-refractivity contribution in [3.05, 3.63) is 35.9 Å². The molecule has 88 valence electrons. The fraction of sp³-hybridized carbons (Fsp3) is 0.462. The van der Waals surface area contributed by atoms with E-state index in [4.69, 9.17) is 11.6 Å². The van der Waals surface area contributed by atoms with Crippen LogP contribution in [0.5, 0.6) is 0 Å². The lowest BCUT2D eigenvalue weighted by atomic mass is 10.2. The van der Waals surface area contributed by atoms with Gasteiger partial charge in [0.15, 0.2) is 0 Å². The van der Waals surface area contributed by atoms with E-state index in [1.54, 1.807) is 11.8 Å². The van der Waals surface area contributed by atoms with Gasteiger partial charge in [-0.15, -0.1) is 11.6 Å². The van der Waals surface area contributed by atoms with Gasteiger partial charge < -0.3 is 4.90 Å². The molecule has 0 spiro atoms. The Balaban J connectivity index is 2.77. The highest BCUT2D eigenvalue weighted by Crippen LogP contribution is 2.11. The molecular weight excluding hydrogens is 222 g/mol. The van der Waals surface area contributed by atoms with Crippen LogP contribution < -0.4 is 0 Å². The Bertz CT molecular complexity index is 335. The lowest BCUT2D eigenvalue weighted by Crippen LogP contribution is -2.40. The zero-order chi connectivity index (χ0) is 12.1. The van der Waals surface area contributed by atoms with E-state index < -0.39 is 5.38 Å². The summed E-state index contributed by atoms with van der Waals surface area (Å²) in [6, 6.07) is 10.1. The molecule has 0 saturated carbocycles. The van der Waals surface area contributed by atoms with E-state index in [2.05, 4.69) is 0 Å². The summed E-state index contributed by atoms with van der Waals surface area (Å²) in [6.07, 6.45) is 0. The smallest absolute Gasteiger partial charge is 0.240 e. The molecule has 1 aromatic rings. The zero-order valence-electron chi connectivity index (χ0n) is 9.98. The van der Waals surface area contributed by atoms with Crippen LogP contribution in [-0.2, 0) is 11.3 Å². The minimum absolute atomic E-state index is 0.0134. The third-order valence-corrected chi connectivity index (χ3v) is 2.63. The first-order valence-electron chi connectivity index (χ1n) is 5.51. The van der Waals surface area contributed by atoms with Crippen molar-refractivity contribution in [3.63, 3.8) is 0 Å². The quantitative estimate of drug-likeness (QED) is 0.740. The summed E-state index contributed by atoms with van der Waals surface area (Å²) in [6.45, 7) is 6.33. The van der Waals surface area contributed by atoms with Crippen molar-refractivity contribution in [1.82, 2.24) is 4.90 Å². The van der Waals surface area contributed by atoms with Crippen molar-refractivity contribution < 1.29 is 4.79 Å². The van der Waals surface area contributed by atoms with Gasteiger partial charge in [0.05, 0.1) is 0 Å². The Morgan fingerprint density at radius 2 is 1.81 bits per heavy atom. The minimum Gasteiger partial charge on any atom is -0.335 e.